The lowest BCUT2D eigenvalue weighted by molar-refractivity contribution is 0.0534. The molecule has 1 aromatic carbocycles. The first kappa shape index (κ1) is 25.9. The van der Waals surface area contributed by atoms with Crippen molar-refractivity contribution in [3.05, 3.63) is 52.8 Å². The van der Waals surface area contributed by atoms with Crippen LogP contribution in [0.2, 0.25) is 0 Å². The Bertz CT molecular complexity index is 873. The zero-order valence-corrected chi connectivity index (χ0v) is 19.7. The van der Waals surface area contributed by atoms with Crippen molar-refractivity contribution in [3.8, 4) is 5.75 Å². The van der Waals surface area contributed by atoms with Gasteiger partial charge in [0.15, 0.2) is 0 Å². The van der Waals surface area contributed by atoms with Gasteiger partial charge in [-0.05, 0) is 61.9 Å². The summed E-state index contributed by atoms with van der Waals surface area (Å²) >= 11 is 0. The Morgan fingerprint density at radius 3 is 2.44 bits per heavy atom. The summed E-state index contributed by atoms with van der Waals surface area (Å²) in [5, 5.41) is 30.4. The van der Waals surface area contributed by atoms with E-state index >= 15 is 0 Å². The number of benzene rings is 1. The van der Waals surface area contributed by atoms with Crippen LogP contribution in [0.15, 0.2) is 30.5 Å². The molecule has 7 nitrogen and oxygen atoms in total. The third-order valence-corrected chi connectivity index (χ3v) is 6.22. The number of aryl methyl sites for hydroxylation is 2. The number of aliphatic hydroxyl groups excluding tert-OH is 3. The predicted octanol–water partition coefficient (Wildman–Crippen LogP) is 2.77. The van der Waals surface area contributed by atoms with Crippen molar-refractivity contribution in [2.75, 3.05) is 26.4 Å². The van der Waals surface area contributed by atoms with Crippen LogP contribution < -0.4 is 10.1 Å². The smallest absolute Gasteiger partial charge is 0.267 e. The third-order valence-electron chi connectivity index (χ3n) is 6.22. The molecule has 1 amide bonds. The number of ether oxygens (including phenoxy) is 1. The summed E-state index contributed by atoms with van der Waals surface area (Å²) in [6.45, 7) is 9.18. The zero-order valence-electron chi connectivity index (χ0n) is 19.7. The topological polar surface area (TPSA) is 104 Å². The van der Waals surface area contributed by atoms with Crippen LogP contribution in [0.25, 0.3) is 0 Å². The average Bonchev–Trinajstić information content (AvgIpc) is 3.24. The number of hydrogen-bond acceptors (Lipinski definition) is 5. The molecule has 0 saturated carbocycles. The Kier molecular flexibility index (Phi) is 9.75. The fraction of sp³-hybridized carbons (Fsp3) is 0.560. The SMILES string of the molecule is CCn1cc(C(CC)(CC)c2ccc(OCC(O)CO)c(C)c2)cc1C(=O)NCCCO. The third kappa shape index (κ3) is 5.71. The first-order valence-electron chi connectivity index (χ1n) is 11.5. The maximum absolute atomic E-state index is 12.7. The van der Waals surface area contributed by atoms with Crippen LogP contribution in [0, 0.1) is 6.92 Å². The van der Waals surface area contributed by atoms with Gasteiger partial charge in [0.1, 0.15) is 24.2 Å². The van der Waals surface area contributed by atoms with Gasteiger partial charge in [-0.25, -0.2) is 0 Å². The Morgan fingerprint density at radius 1 is 1.16 bits per heavy atom. The molecule has 7 heteroatoms. The molecular weight excluding hydrogens is 408 g/mol. The van der Waals surface area contributed by atoms with Crippen molar-refractivity contribution in [1.82, 2.24) is 9.88 Å². The molecular formula is C25H38N2O5. The second kappa shape index (κ2) is 12.0. The summed E-state index contributed by atoms with van der Waals surface area (Å²) in [7, 11) is 0. The molecule has 2 aromatic rings. The van der Waals surface area contributed by atoms with E-state index in [2.05, 4.69) is 31.4 Å². The standard InChI is InChI=1S/C25H38N2O5/c1-5-25(6-2,19-9-10-23(18(4)13-19)32-17-21(30)16-29)20-14-22(27(7-3)15-20)24(31)26-11-8-12-28/h9-10,13-15,21,28-30H,5-8,11-12,16-17H2,1-4H3,(H,26,31). The normalized spacial score (nSPS) is 12.6. The van der Waals surface area contributed by atoms with E-state index in [1.165, 1.54) is 0 Å². The van der Waals surface area contributed by atoms with Crippen molar-refractivity contribution in [1.29, 1.82) is 0 Å². The van der Waals surface area contributed by atoms with E-state index in [-0.39, 0.29) is 31.1 Å². The fourth-order valence-corrected chi connectivity index (χ4v) is 4.18. The van der Waals surface area contributed by atoms with E-state index in [0.29, 0.717) is 31.0 Å². The molecule has 178 valence electrons. The van der Waals surface area contributed by atoms with E-state index in [0.717, 1.165) is 29.5 Å². The first-order chi connectivity index (χ1) is 15.4. The number of nitrogens with zero attached hydrogens (tertiary/aromatic N) is 1. The second-order valence-corrected chi connectivity index (χ2v) is 8.15. The minimum absolute atomic E-state index is 0.0392. The number of rotatable bonds is 13. The fourth-order valence-electron chi connectivity index (χ4n) is 4.18. The summed E-state index contributed by atoms with van der Waals surface area (Å²) in [5.74, 6) is 0.549. The quantitative estimate of drug-likeness (QED) is 0.354. The Hall–Kier alpha value is -2.35. The van der Waals surface area contributed by atoms with E-state index in [9.17, 15) is 9.90 Å². The molecule has 0 fully saturated rings. The molecule has 0 aliphatic rings. The molecule has 1 unspecified atom stereocenters. The molecule has 0 aliphatic carbocycles. The van der Waals surface area contributed by atoms with Gasteiger partial charge >= 0.3 is 0 Å². The van der Waals surface area contributed by atoms with Crippen LogP contribution in [0.4, 0.5) is 0 Å². The predicted molar refractivity (Wildman–Crippen MR) is 125 cm³/mol. The first-order valence-corrected chi connectivity index (χ1v) is 11.5. The molecule has 1 aromatic heterocycles. The number of carbonyl (C=O) groups is 1. The summed E-state index contributed by atoms with van der Waals surface area (Å²) < 4.78 is 7.64. The number of nitrogens with one attached hydrogen (secondary N) is 1. The van der Waals surface area contributed by atoms with Crippen molar-refractivity contribution in [2.45, 2.75) is 65.0 Å². The lowest BCUT2D eigenvalue weighted by Gasteiger charge is -2.32. The second-order valence-electron chi connectivity index (χ2n) is 8.15. The molecule has 1 atom stereocenters. The molecule has 2 rings (SSSR count). The van der Waals surface area contributed by atoms with Crippen LogP contribution in [-0.4, -0.2) is 58.3 Å². The molecule has 32 heavy (non-hydrogen) atoms. The van der Waals surface area contributed by atoms with Gasteiger partial charge < -0.3 is 29.9 Å². The van der Waals surface area contributed by atoms with Gasteiger partial charge in [0, 0.05) is 31.3 Å². The molecule has 0 saturated heterocycles. The Morgan fingerprint density at radius 2 is 1.88 bits per heavy atom. The summed E-state index contributed by atoms with van der Waals surface area (Å²) in [6.07, 6.45) is 3.43. The molecule has 0 radical (unpaired) electrons. The molecule has 0 aliphatic heterocycles. The van der Waals surface area contributed by atoms with Gasteiger partial charge in [-0.2, -0.15) is 0 Å². The number of aromatic nitrogens is 1. The van der Waals surface area contributed by atoms with E-state index < -0.39 is 6.10 Å². The van der Waals surface area contributed by atoms with E-state index in [4.69, 9.17) is 14.9 Å². The zero-order chi connectivity index (χ0) is 23.7. The van der Waals surface area contributed by atoms with Gasteiger partial charge in [0.25, 0.3) is 5.91 Å². The highest BCUT2D eigenvalue weighted by Crippen LogP contribution is 2.41. The Labute approximate surface area is 191 Å². The van der Waals surface area contributed by atoms with Crippen LogP contribution in [0.3, 0.4) is 0 Å². The molecule has 1 heterocycles. The number of amides is 1. The van der Waals surface area contributed by atoms with Gasteiger partial charge in [0.2, 0.25) is 0 Å². The van der Waals surface area contributed by atoms with Crippen LogP contribution in [-0.2, 0) is 12.0 Å². The van der Waals surface area contributed by atoms with Crippen LogP contribution in [0.5, 0.6) is 5.75 Å². The van der Waals surface area contributed by atoms with Gasteiger partial charge in [-0.15, -0.1) is 0 Å². The lowest BCUT2D eigenvalue weighted by atomic mass is 9.71. The van der Waals surface area contributed by atoms with E-state index in [1.54, 1.807) is 0 Å². The van der Waals surface area contributed by atoms with Gasteiger partial charge in [-0.3, -0.25) is 4.79 Å². The van der Waals surface area contributed by atoms with Crippen molar-refractivity contribution < 1.29 is 24.9 Å². The summed E-state index contributed by atoms with van der Waals surface area (Å²) in [5.41, 5.74) is 3.57. The monoisotopic (exact) mass is 446 g/mol. The number of aliphatic hydroxyl groups is 3. The lowest BCUT2D eigenvalue weighted by Crippen LogP contribution is -2.27. The van der Waals surface area contributed by atoms with Crippen LogP contribution >= 0.6 is 0 Å². The van der Waals surface area contributed by atoms with Crippen molar-refractivity contribution in [3.63, 3.8) is 0 Å². The summed E-state index contributed by atoms with van der Waals surface area (Å²) in [4.78, 5) is 12.7. The van der Waals surface area contributed by atoms with Crippen molar-refractivity contribution in [2.24, 2.45) is 0 Å². The minimum atomic E-state index is -0.907. The average molecular weight is 447 g/mol. The molecule has 4 N–H and O–H groups in total. The van der Waals surface area contributed by atoms with E-state index in [1.807, 2.05) is 36.6 Å². The van der Waals surface area contributed by atoms with Gasteiger partial charge in [-0.1, -0.05) is 26.0 Å². The van der Waals surface area contributed by atoms with Gasteiger partial charge in [0.05, 0.1) is 6.61 Å². The highest BCUT2D eigenvalue weighted by Gasteiger charge is 2.33. The highest BCUT2D eigenvalue weighted by molar-refractivity contribution is 5.93. The Balaban J connectivity index is 2.39. The number of hydrogen-bond donors (Lipinski definition) is 4. The summed E-state index contributed by atoms with van der Waals surface area (Å²) in [6, 6.07) is 8.05. The van der Waals surface area contributed by atoms with Crippen LogP contribution in [0.1, 0.15) is 67.2 Å². The molecule has 0 spiro atoms. The highest BCUT2D eigenvalue weighted by atomic mass is 16.5. The molecule has 0 bridgehead atoms. The number of carbonyl (C=O) groups excluding carboxylic acids is 1. The minimum Gasteiger partial charge on any atom is -0.491 e. The largest absolute Gasteiger partial charge is 0.491 e. The maximum Gasteiger partial charge on any atom is 0.267 e. The van der Waals surface area contributed by atoms with Crippen molar-refractivity contribution >= 4 is 5.91 Å². The maximum atomic E-state index is 12.7.